The Hall–Kier alpha value is -2.43. The molecule has 0 saturated carbocycles. The van der Waals surface area contributed by atoms with E-state index in [2.05, 4.69) is 70.6 Å². The van der Waals surface area contributed by atoms with E-state index in [4.69, 9.17) is 0 Å². The molecule has 0 spiro atoms. The molecule has 3 rings (SSSR count). The normalized spacial score (nSPS) is 16.9. The van der Waals surface area contributed by atoms with Crippen LogP contribution in [-0.4, -0.2) is 61.5 Å². The first kappa shape index (κ1) is 20.3. The molecule has 2 aromatic rings. The third-order valence-electron chi connectivity index (χ3n) is 5.28. The highest BCUT2D eigenvalue weighted by atomic mass is 16.2. The van der Waals surface area contributed by atoms with Gasteiger partial charge in [0.05, 0.1) is 6.54 Å². The first-order valence-electron chi connectivity index (χ1n) is 10.2. The second kappa shape index (κ2) is 10.8. The van der Waals surface area contributed by atoms with Gasteiger partial charge < -0.3 is 5.32 Å². The first-order chi connectivity index (χ1) is 13.7. The average molecular weight is 378 g/mol. The lowest BCUT2D eigenvalue weighted by molar-refractivity contribution is -0.122. The lowest BCUT2D eigenvalue weighted by Gasteiger charge is -2.33. The lowest BCUT2D eigenvalue weighted by Crippen LogP contribution is -2.49. The van der Waals surface area contributed by atoms with Crippen molar-refractivity contribution in [2.45, 2.75) is 12.8 Å². The zero-order chi connectivity index (χ0) is 19.6. The van der Waals surface area contributed by atoms with Crippen LogP contribution in [0.3, 0.4) is 0 Å². The van der Waals surface area contributed by atoms with Gasteiger partial charge in [-0.05, 0) is 17.0 Å². The van der Waals surface area contributed by atoms with E-state index in [1.54, 1.807) is 0 Å². The van der Waals surface area contributed by atoms with Gasteiger partial charge >= 0.3 is 0 Å². The fourth-order valence-corrected chi connectivity index (χ4v) is 3.46. The third kappa shape index (κ3) is 6.63. The quantitative estimate of drug-likeness (QED) is 0.767. The third-order valence-corrected chi connectivity index (χ3v) is 5.28. The SMILES string of the molecule is CC(CNC(=O)CN1CCN(C/C=C/c2ccccc2)CC1)c1ccccc1. The highest BCUT2D eigenvalue weighted by molar-refractivity contribution is 5.78. The molecule has 4 heteroatoms. The van der Waals surface area contributed by atoms with Crippen LogP contribution in [0.25, 0.3) is 6.08 Å². The van der Waals surface area contributed by atoms with Crippen molar-refractivity contribution in [3.8, 4) is 0 Å². The summed E-state index contributed by atoms with van der Waals surface area (Å²) in [6.45, 7) is 8.20. The van der Waals surface area contributed by atoms with Crippen molar-refractivity contribution in [3.05, 3.63) is 77.9 Å². The Labute approximate surface area is 168 Å². The summed E-state index contributed by atoms with van der Waals surface area (Å²) in [5.41, 5.74) is 2.50. The molecule has 4 nitrogen and oxygen atoms in total. The minimum atomic E-state index is 0.125. The van der Waals surface area contributed by atoms with E-state index >= 15 is 0 Å². The van der Waals surface area contributed by atoms with Crippen molar-refractivity contribution in [3.63, 3.8) is 0 Å². The molecule has 0 aromatic heterocycles. The molecule has 1 unspecified atom stereocenters. The Kier molecular flexibility index (Phi) is 7.82. The van der Waals surface area contributed by atoms with Crippen LogP contribution in [0.2, 0.25) is 0 Å². The van der Waals surface area contributed by atoms with E-state index in [0.717, 1.165) is 32.7 Å². The van der Waals surface area contributed by atoms with Crippen molar-refractivity contribution in [1.82, 2.24) is 15.1 Å². The molecule has 0 aliphatic carbocycles. The molecule has 1 aliphatic rings. The van der Waals surface area contributed by atoms with Crippen molar-refractivity contribution < 1.29 is 4.79 Å². The number of rotatable bonds is 8. The summed E-state index contributed by atoms with van der Waals surface area (Å²) in [7, 11) is 0. The standard InChI is InChI=1S/C24H31N3O/c1-21(23-12-6-3-7-13-23)19-25-24(28)20-27-17-15-26(16-18-27)14-8-11-22-9-4-2-5-10-22/h2-13,21H,14-20H2,1H3,(H,25,28)/b11-8+. The smallest absolute Gasteiger partial charge is 0.234 e. The van der Waals surface area contributed by atoms with Crippen LogP contribution in [0, 0.1) is 0 Å². The van der Waals surface area contributed by atoms with E-state index in [1.807, 2.05) is 24.3 Å². The molecule has 148 valence electrons. The van der Waals surface area contributed by atoms with Gasteiger partial charge in [-0.15, -0.1) is 0 Å². The monoisotopic (exact) mass is 377 g/mol. The predicted molar refractivity (Wildman–Crippen MR) is 116 cm³/mol. The summed E-state index contributed by atoms with van der Waals surface area (Å²) < 4.78 is 0. The average Bonchev–Trinajstić information content (AvgIpc) is 2.75. The molecule has 1 atom stereocenters. The number of hydrogen-bond donors (Lipinski definition) is 1. The fourth-order valence-electron chi connectivity index (χ4n) is 3.46. The molecular weight excluding hydrogens is 346 g/mol. The molecule has 2 aromatic carbocycles. The molecule has 1 saturated heterocycles. The highest BCUT2D eigenvalue weighted by Gasteiger charge is 2.18. The largest absolute Gasteiger partial charge is 0.354 e. The molecular formula is C24H31N3O. The van der Waals surface area contributed by atoms with Gasteiger partial charge in [-0.2, -0.15) is 0 Å². The van der Waals surface area contributed by atoms with E-state index in [9.17, 15) is 4.79 Å². The van der Waals surface area contributed by atoms with E-state index < -0.39 is 0 Å². The zero-order valence-electron chi connectivity index (χ0n) is 16.8. The molecule has 28 heavy (non-hydrogen) atoms. The summed E-state index contributed by atoms with van der Waals surface area (Å²) in [4.78, 5) is 17.0. The van der Waals surface area contributed by atoms with Gasteiger partial charge in [-0.25, -0.2) is 0 Å². The second-order valence-corrected chi connectivity index (χ2v) is 7.51. The predicted octanol–water partition coefficient (Wildman–Crippen LogP) is 3.24. The second-order valence-electron chi connectivity index (χ2n) is 7.51. The summed E-state index contributed by atoms with van der Waals surface area (Å²) in [6, 6.07) is 20.7. The van der Waals surface area contributed by atoms with E-state index in [-0.39, 0.29) is 5.91 Å². The van der Waals surface area contributed by atoms with Gasteiger partial charge in [0.2, 0.25) is 5.91 Å². The maximum atomic E-state index is 12.3. The van der Waals surface area contributed by atoms with Gasteiger partial charge in [0.15, 0.2) is 0 Å². The topological polar surface area (TPSA) is 35.6 Å². The molecule has 1 N–H and O–H groups in total. The fraction of sp³-hybridized carbons (Fsp3) is 0.375. The Morgan fingerprint density at radius 3 is 2.25 bits per heavy atom. The van der Waals surface area contributed by atoms with Crippen LogP contribution in [-0.2, 0) is 4.79 Å². The zero-order valence-corrected chi connectivity index (χ0v) is 16.8. The molecule has 0 bridgehead atoms. The van der Waals surface area contributed by atoms with Gasteiger partial charge in [-0.3, -0.25) is 14.6 Å². The molecule has 1 heterocycles. The molecule has 1 aliphatic heterocycles. The summed E-state index contributed by atoms with van der Waals surface area (Å²) in [6.07, 6.45) is 4.40. The molecule has 1 fully saturated rings. The van der Waals surface area contributed by atoms with Crippen LogP contribution in [0.5, 0.6) is 0 Å². The Morgan fingerprint density at radius 2 is 1.57 bits per heavy atom. The lowest BCUT2D eigenvalue weighted by atomic mass is 10.0. The number of nitrogens with one attached hydrogen (secondary N) is 1. The highest BCUT2D eigenvalue weighted by Crippen LogP contribution is 2.13. The maximum Gasteiger partial charge on any atom is 0.234 e. The van der Waals surface area contributed by atoms with Crippen LogP contribution in [0.1, 0.15) is 24.0 Å². The van der Waals surface area contributed by atoms with Crippen molar-refractivity contribution >= 4 is 12.0 Å². The number of hydrogen-bond acceptors (Lipinski definition) is 3. The van der Waals surface area contributed by atoms with Crippen molar-refractivity contribution in [2.24, 2.45) is 0 Å². The number of nitrogens with zero attached hydrogens (tertiary/aromatic N) is 2. The van der Waals surface area contributed by atoms with Gasteiger partial charge in [0, 0.05) is 39.3 Å². The van der Waals surface area contributed by atoms with Gasteiger partial charge in [-0.1, -0.05) is 79.7 Å². The minimum Gasteiger partial charge on any atom is -0.354 e. The van der Waals surface area contributed by atoms with Crippen molar-refractivity contribution in [1.29, 1.82) is 0 Å². The van der Waals surface area contributed by atoms with E-state index in [1.165, 1.54) is 11.1 Å². The number of amides is 1. The van der Waals surface area contributed by atoms with Crippen LogP contribution in [0.4, 0.5) is 0 Å². The van der Waals surface area contributed by atoms with Crippen LogP contribution in [0.15, 0.2) is 66.7 Å². The summed E-state index contributed by atoms with van der Waals surface area (Å²) in [5.74, 6) is 0.457. The van der Waals surface area contributed by atoms with Gasteiger partial charge in [0.25, 0.3) is 0 Å². The number of piperazine rings is 1. The number of carbonyl (C=O) groups is 1. The summed E-state index contributed by atoms with van der Waals surface area (Å²) in [5, 5.41) is 3.09. The van der Waals surface area contributed by atoms with Crippen LogP contribution >= 0.6 is 0 Å². The number of carbonyl (C=O) groups excluding carboxylic acids is 1. The van der Waals surface area contributed by atoms with Crippen molar-refractivity contribution in [2.75, 3.05) is 45.8 Å². The van der Waals surface area contributed by atoms with Crippen LogP contribution < -0.4 is 5.32 Å². The van der Waals surface area contributed by atoms with Gasteiger partial charge in [0.1, 0.15) is 0 Å². The minimum absolute atomic E-state index is 0.125. The Bertz CT molecular complexity index is 737. The Balaban J connectivity index is 1.32. The molecule has 0 radical (unpaired) electrons. The first-order valence-corrected chi connectivity index (χ1v) is 10.2. The van der Waals surface area contributed by atoms with E-state index in [0.29, 0.717) is 19.0 Å². The molecule has 1 amide bonds. The summed E-state index contributed by atoms with van der Waals surface area (Å²) >= 11 is 0. The maximum absolute atomic E-state index is 12.3. The number of benzene rings is 2. The Morgan fingerprint density at radius 1 is 0.964 bits per heavy atom.